The van der Waals surface area contributed by atoms with Crippen molar-refractivity contribution in [3.05, 3.63) is 29.5 Å². The summed E-state index contributed by atoms with van der Waals surface area (Å²) in [5, 5.41) is 4.56. The molecule has 0 atom stereocenters. The van der Waals surface area contributed by atoms with E-state index in [0.29, 0.717) is 22.9 Å². The van der Waals surface area contributed by atoms with Gasteiger partial charge in [-0.05, 0) is 38.8 Å². The molecule has 0 amide bonds. The van der Waals surface area contributed by atoms with Crippen molar-refractivity contribution in [2.75, 3.05) is 14.2 Å². The number of pyridine rings is 1. The molecule has 122 valence electrons. The summed E-state index contributed by atoms with van der Waals surface area (Å²) in [6.07, 6.45) is 2.23. The van der Waals surface area contributed by atoms with E-state index in [1.807, 2.05) is 6.07 Å². The predicted molar refractivity (Wildman–Crippen MR) is 83.8 cm³/mol. The second-order valence-corrected chi connectivity index (χ2v) is 6.38. The largest absolute Gasteiger partial charge is 0.481 e. The molecular weight excluding hydrogens is 296 g/mol. The molecule has 1 saturated carbocycles. The number of fused-ring (bicyclic) bond motifs is 1. The Labute approximate surface area is 134 Å². The Balaban J connectivity index is 2.14. The summed E-state index contributed by atoms with van der Waals surface area (Å²) in [5.41, 5.74) is 0.807. The Morgan fingerprint density at radius 2 is 1.96 bits per heavy atom. The number of methoxy groups -OCH3 is 2. The van der Waals surface area contributed by atoms with E-state index < -0.39 is 11.4 Å². The molecule has 23 heavy (non-hydrogen) atoms. The van der Waals surface area contributed by atoms with E-state index in [9.17, 15) is 9.59 Å². The first-order valence-electron chi connectivity index (χ1n) is 7.60. The Bertz CT molecular complexity index is 787. The minimum atomic E-state index is -1.26. The molecule has 0 unspecified atom stereocenters. The van der Waals surface area contributed by atoms with Crippen molar-refractivity contribution in [3.8, 4) is 5.88 Å². The summed E-state index contributed by atoms with van der Waals surface area (Å²) in [6, 6.07) is 5.29. The van der Waals surface area contributed by atoms with E-state index in [0.717, 1.165) is 18.5 Å². The SMILES string of the molecule is COC(=O)C(C)(C)C(=O)c1ccc(OC)n2nc(C3CC3)cc12. The van der Waals surface area contributed by atoms with Crippen LogP contribution in [0, 0.1) is 5.41 Å². The summed E-state index contributed by atoms with van der Waals surface area (Å²) in [6.45, 7) is 3.14. The number of aromatic nitrogens is 2. The number of ether oxygens (including phenoxy) is 2. The van der Waals surface area contributed by atoms with Crippen molar-refractivity contribution in [2.24, 2.45) is 5.41 Å². The average Bonchev–Trinajstić information content (AvgIpc) is 3.30. The van der Waals surface area contributed by atoms with Gasteiger partial charge < -0.3 is 9.47 Å². The fraction of sp³-hybridized carbons (Fsp3) is 0.471. The van der Waals surface area contributed by atoms with Gasteiger partial charge in [0.05, 0.1) is 25.4 Å². The van der Waals surface area contributed by atoms with E-state index in [4.69, 9.17) is 9.47 Å². The molecule has 1 fully saturated rings. The number of hydrogen-bond donors (Lipinski definition) is 0. The maximum atomic E-state index is 12.9. The predicted octanol–water partition coefficient (Wildman–Crippen LogP) is 2.60. The van der Waals surface area contributed by atoms with Gasteiger partial charge in [-0.15, -0.1) is 0 Å². The zero-order chi connectivity index (χ0) is 16.8. The van der Waals surface area contributed by atoms with Crippen LogP contribution in [-0.4, -0.2) is 35.6 Å². The third-order valence-electron chi connectivity index (χ3n) is 4.32. The zero-order valence-electron chi connectivity index (χ0n) is 13.8. The molecule has 0 N–H and O–H groups in total. The lowest BCUT2D eigenvalue weighted by molar-refractivity contribution is -0.147. The molecular formula is C17H20N2O4. The minimum absolute atomic E-state index is 0.292. The van der Waals surface area contributed by atoms with E-state index >= 15 is 0 Å². The molecule has 6 heteroatoms. The molecule has 0 saturated heterocycles. The molecule has 0 spiro atoms. The molecule has 0 aliphatic heterocycles. The molecule has 2 aromatic heterocycles. The van der Waals surface area contributed by atoms with Gasteiger partial charge in [-0.3, -0.25) is 9.59 Å². The molecule has 0 aromatic carbocycles. The van der Waals surface area contributed by atoms with Gasteiger partial charge in [0.1, 0.15) is 5.41 Å². The lowest BCUT2D eigenvalue weighted by Gasteiger charge is -2.20. The third kappa shape index (κ3) is 2.48. The molecule has 6 nitrogen and oxygen atoms in total. The van der Waals surface area contributed by atoms with Gasteiger partial charge in [0.25, 0.3) is 0 Å². The van der Waals surface area contributed by atoms with Gasteiger partial charge in [0, 0.05) is 17.5 Å². The van der Waals surface area contributed by atoms with E-state index in [1.54, 1.807) is 37.6 Å². The molecule has 2 aromatic rings. The van der Waals surface area contributed by atoms with Crippen molar-refractivity contribution in [3.63, 3.8) is 0 Å². The van der Waals surface area contributed by atoms with Crippen molar-refractivity contribution in [2.45, 2.75) is 32.6 Å². The number of esters is 1. The minimum Gasteiger partial charge on any atom is -0.481 e. The van der Waals surface area contributed by atoms with Gasteiger partial charge in [-0.25, -0.2) is 4.52 Å². The second kappa shape index (κ2) is 5.37. The van der Waals surface area contributed by atoms with Crippen molar-refractivity contribution >= 4 is 17.3 Å². The van der Waals surface area contributed by atoms with Crippen molar-refractivity contribution in [1.82, 2.24) is 9.61 Å². The fourth-order valence-electron chi connectivity index (χ4n) is 2.68. The van der Waals surface area contributed by atoms with Crippen LogP contribution >= 0.6 is 0 Å². The average molecular weight is 316 g/mol. The van der Waals surface area contributed by atoms with Crippen LogP contribution in [-0.2, 0) is 9.53 Å². The number of carbonyl (C=O) groups is 2. The number of carbonyl (C=O) groups excluding carboxylic acids is 2. The first kappa shape index (κ1) is 15.5. The first-order valence-corrected chi connectivity index (χ1v) is 7.60. The van der Waals surface area contributed by atoms with Crippen LogP contribution in [0.4, 0.5) is 0 Å². The van der Waals surface area contributed by atoms with E-state index in [2.05, 4.69) is 5.10 Å². The Morgan fingerprint density at radius 1 is 1.26 bits per heavy atom. The van der Waals surface area contributed by atoms with Gasteiger partial charge in [0.2, 0.25) is 5.88 Å². The quantitative estimate of drug-likeness (QED) is 0.482. The van der Waals surface area contributed by atoms with E-state index in [-0.39, 0.29) is 5.78 Å². The highest BCUT2D eigenvalue weighted by Gasteiger charge is 2.39. The highest BCUT2D eigenvalue weighted by molar-refractivity contribution is 6.15. The van der Waals surface area contributed by atoms with Crippen molar-refractivity contribution in [1.29, 1.82) is 0 Å². The number of hydrogen-bond acceptors (Lipinski definition) is 5. The molecule has 1 aliphatic rings. The normalized spacial score (nSPS) is 14.8. The van der Waals surface area contributed by atoms with E-state index in [1.165, 1.54) is 7.11 Å². The molecule has 0 radical (unpaired) electrons. The topological polar surface area (TPSA) is 69.9 Å². The lowest BCUT2D eigenvalue weighted by Crippen LogP contribution is -2.34. The fourth-order valence-corrected chi connectivity index (χ4v) is 2.68. The van der Waals surface area contributed by atoms with Gasteiger partial charge in [-0.2, -0.15) is 5.10 Å². The number of nitrogens with zero attached hydrogens (tertiary/aromatic N) is 2. The maximum Gasteiger partial charge on any atom is 0.319 e. The summed E-state index contributed by atoms with van der Waals surface area (Å²) in [4.78, 5) is 24.8. The molecule has 3 rings (SSSR count). The van der Waals surface area contributed by atoms with Crippen LogP contribution in [0.2, 0.25) is 0 Å². The summed E-state index contributed by atoms with van der Waals surface area (Å²) < 4.78 is 11.7. The maximum absolute atomic E-state index is 12.9. The van der Waals surface area contributed by atoms with Crippen LogP contribution in [0.3, 0.4) is 0 Å². The van der Waals surface area contributed by atoms with Crippen LogP contribution in [0.25, 0.3) is 5.52 Å². The monoisotopic (exact) mass is 316 g/mol. The van der Waals surface area contributed by atoms with Gasteiger partial charge in [-0.1, -0.05) is 0 Å². The van der Waals surface area contributed by atoms with Crippen molar-refractivity contribution < 1.29 is 19.1 Å². The number of rotatable bonds is 5. The highest BCUT2D eigenvalue weighted by Crippen LogP contribution is 2.40. The van der Waals surface area contributed by atoms with Crippen LogP contribution in [0.15, 0.2) is 18.2 Å². The molecule has 1 aliphatic carbocycles. The van der Waals surface area contributed by atoms with Crippen LogP contribution in [0.5, 0.6) is 5.88 Å². The summed E-state index contributed by atoms with van der Waals surface area (Å²) in [7, 11) is 2.85. The van der Waals surface area contributed by atoms with Crippen LogP contribution < -0.4 is 4.74 Å². The molecule has 0 bridgehead atoms. The highest BCUT2D eigenvalue weighted by atomic mass is 16.5. The van der Waals surface area contributed by atoms with Crippen LogP contribution in [0.1, 0.15) is 48.7 Å². The first-order chi connectivity index (χ1) is 10.9. The van der Waals surface area contributed by atoms with Gasteiger partial charge in [0.15, 0.2) is 5.78 Å². The molecule has 2 heterocycles. The smallest absolute Gasteiger partial charge is 0.319 e. The Morgan fingerprint density at radius 3 is 2.52 bits per heavy atom. The Hall–Kier alpha value is -2.37. The number of Topliss-reactive ketones (excluding diaryl/α,β-unsaturated/α-hetero) is 1. The zero-order valence-corrected chi connectivity index (χ0v) is 13.8. The lowest BCUT2D eigenvalue weighted by atomic mass is 9.84. The Kier molecular flexibility index (Phi) is 3.62. The summed E-state index contributed by atoms with van der Waals surface area (Å²) in [5.74, 6) is 0.160. The summed E-state index contributed by atoms with van der Waals surface area (Å²) >= 11 is 0. The van der Waals surface area contributed by atoms with Gasteiger partial charge >= 0.3 is 5.97 Å². The second-order valence-electron chi connectivity index (χ2n) is 6.38. The number of ketones is 1. The third-order valence-corrected chi connectivity index (χ3v) is 4.32. The standard InChI is InChI=1S/C17H20N2O4/c1-17(2,16(21)23-4)15(20)11-7-8-14(22-3)19-13(11)9-12(18-19)10-5-6-10/h7-10H,5-6H2,1-4H3.